The lowest BCUT2D eigenvalue weighted by Crippen LogP contribution is -2.37. The number of methoxy groups -OCH3 is 1. The summed E-state index contributed by atoms with van der Waals surface area (Å²) in [5.74, 6) is 1.19. The summed E-state index contributed by atoms with van der Waals surface area (Å²) in [6.45, 7) is 2.17. The molecule has 2 N–H and O–H groups in total. The van der Waals surface area contributed by atoms with Crippen molar-refractivity contribution in [1.82, 2.24) is 14.9 Å². The van der Waals surface area contributed by atoms with Crippen molar-refractivity contribution in [3.8, 4) is 11.5 Å². The largest absolute Gasteiger partial charge is 0.493 e. The van der Waals surface area contributed by atoms with Gasteiger partial charge in [-0.05, 0) is 55.0 Å². The van der Waals surface area contributed by atoms with Crippen LogP contribution >= 0.6 is 0 Å². The van der Waals surface area contributed by atoms with E-state index in [0.29, 0.717) is 47.1 Å². The normalized spacial score (nSPS) is 15.0. The maximum atomic E-state index is 14.0. The van der Waals surface area contributed by atoms with E-state index in [0.717, 1.165) is 28.8 Å². The van der Waals surface area contributed by atoms with Crippen molar-refractivity contribution in [2.45, 2.75) is 32.1 Å². The molecule has 0 spiro atoms. The second kappa shape index (κ2) is 9.85. The van der Waals surface area contributed by atoms with Crippen LogP contribution in [0.15, 0.2) is 60.8 Å². The minimum atomic E-state index is -4.50. The number of aromatic nitrogens is 2. The number of halogens is 3. The van der Waals surface area contributed by atoms with Gasteiger partial charge in [0.05, 0.1) is 43.1 Å². The highest BCUT2D eigenvalue weighted by atomic mass is 19.4. The Morgan fingerprint density at radius 1 is 1.18 bits per heavy atom. The van der Waals surface area contributed by atoms with Gasteiger partial charge < -0.3 is 20.1 Å². The van der Waals surface area contributed by atoms with Crippen LogP contribution < -0.4 is 15.2 Å². The average molecular weight is 523 g/mol. The summed E-state index contributed by atoms with van der Waals surface area (Å²) in [5.41, 5.74) is 8.02. The van der Waals surface area contributed by atoms with E-state index in [2.05, 4.69) is 9.97 Å². The SMILES string of the molecule is COc1cccc2c1OCC[C@H]2N(Cc1ccc(C(F)(F)F)cn1)C(=O)c1ccc2nc(N)c(C)cc2c1. The highest BCUT2D eigenvalue weighted by molar-refractivity contribution is 5.98. The van der Waals surface area contributed by atoms with Crippen LogP contribution in [0.2, 0.25) is 0 Å². The molecule has 1 aliphatic rings. The standard InChI is InChI=1S/C28H25F3N4O3/c1-16-12-18-13-17(6-9-22(18)34-26(16)32)27(36)35(15-20-8-7-19(14-33-20)28(29,30)31)23-10-11-38-25-21(23)4-3-5-24(25)37-2/h3-9,12-14,23H,10-11,15H2,1-2H3,(H2,32,34)/t23-/m1/s1. The average Bonchev–Trinajstić information content (AvgIpc) is 2.91. The van der Waals surface area contributed by atoms with E-state index in [1.807, 2.05) is 25.1 Å². The van der Waals surface area contributed by atoms with Crippen LogP contribution in [0.5, 0.6) is 11.5 Å². The molecule has 1 aliphatic heterocycles. The Bertz CT molecular complexity index is 1510. The Morgan fingerprint density at radius 3 is 2.71 bits per heavy atom. The van der Waals surface area contributed by atoms with Gasteiger partial charge in [0.15, 0.2) is 11.5 Å². The molecule has 5 rings (SSSR count). The first-order valence-electron chi connectivity index (χ1n) is 12.0. The second-order valence-electron chi connectivity index (χ2n) is 9.10. The first-order valence-corrected chi connectivity index (χ1v) is 12.0. The van der Waals surface area contributed by atoms with Gasteiger partial charge in [-0.25, -0.2) is 4.98 Å². The number of alkyl halides is 3. The summed E-state index contributed by atoms with van der Waals surface area (Å²) in [6, 6.07) is 14.3. The Kier molecular flexibility index (Phi) is 6.56. The molecule has 2 aromatic heterocycles. The van der Waals surface area contributed by atoms with E-state index in [-0.39, 0.29) is 12.5 Å². The molecule has 0 bridgehead atoms. The highest BCUT2D eigenvalue weighted by Crippen LogP contribution is 2.43. The van der Waals surface area contributed by atoms with Crippen molar-refractivity contribution in [2.75, 3.05) is 19.5 Å². The number of fused-ring (bicyclic) bond motifs is 2. The van der Waals surface area contributed by atoms with Crippen molar-refractivity contribution >= 4 is 22.6 Å². The first-order chi connectivity index (χ1) is 18.2. The van der Waals surface area contributed by atoms with Crippen LogP contribution in [0.1, 0.15) is 45.2 Å². The van der Waals surface area contributed by atoms with Crippen LogP contribution in [-0.4, -0.2) is 34.5 Å². The molecule has 0 saturated heterocycles. The van der Waals surface area contributed by atoms with Crippen molar-refractivity contribution in [2.24, 2.45) is 0 Å². The van der Waals surface area contributed by atoms with Gasteiger partial charge in [-0.2, -0.15) is 13.2 Å². The predicted molar refractivity (Wildman–Crippen MR) is 136 cm³/mol. The molecule has 1 atom stereocenters. The fourth-order valence-electron chi connectivity index (χ4n) is 4.64. The van der Waals surface area contributed by atoms with E-state index >= 15 is 0 Å². The monoisotopic (exact) mass is 522 g/mol. The van der Waals surface area contributed by atoms with Gasteiger partial charge in [0, 0.05) is 29.1 Å². The number of carbonyl (C=O) groups excluding carboxylic acids is 1. The van der Waals surface area contributed by atoms with Gasteiger partial charge in [0.1, 0.15) is 5.82 Å². The highest BCUT2D eigenvalue weighted by Gasteiger charge is 2.34. The number of hydrogen-bond acceptors (Lipinski definition) is 6. The number of hydrogen-bond donors (Lipinski definition) is 1. The molecule has 0 unspecified atom stereocenters. The third-order valence-electron chi connectivity index (χ3n) is 6.64. The van der Waals surface area contributed by atoms with Gasteiger partial charge in [-0.3, -0.25) is 9.78 Å². The van der Waals surface area contributed by atoms with Crippen LogP contribution in [0, 0.1) is 6.92 Å². The smallest absolute Gasteiger partial charge is 0.417 e. The Labute approximate surface area is 217 Å². The lowest BCUT2D eigenvalue weighted by molar-refractivity contribution is -0.137. The lowest BCUT2D eigenvalue weighted by atomic mass is 9.96. The van der Waals surface area contributed by atoms with E-state index in [9.17, 15) is 18.0 Å². The molecule has 10 heteroatoms. The second-order valence-corrected chi connectivity index (χ2v) is 9.10. The molecular weight excluding hydrogens is 497 g/mol. The zero-order chi connectivity index (χ0) is 27.0. The minimum Gasteiger partial charge on any atom is -0.493 e. The third kappa shape index (κ3) is 4.81. The van der Waals surface area contributed by atoms with Crippen LogP contribution in [-0.2, 0) is 12.7 Å². The lowest BCUT2D eigenvalue weighted by Gasteiger charge is -2.36. The van der Waals surface area contributed by atoms with Crippen molar-refractivity contribution < 1.29 is 27.4 Å². The number of anilines is 1. The molecule has 0 aliphatic carbocycles. The third-order valence-corrected chi connectivity index (χ3v) is 6.64. The maximum Gasteiger partial charge on any atom is 0.417 e. The molecule has 0 fully saturated rings. The van der Waals surface area contributed by atoms with E-state index < -0.39 is 17.8 Å². The summed E-state index contributed by atoms with van der Waals surface area (Å²) >= 11 is 0. The summed E-state index contributed by atoms with van der Waals surface area (Å²) in [7, 11) is 1.54. The molecule has 0 radical (unpaired) electrons. The first kappa shape index (κ1) is 25.3. The number of carbonyl (C=O) groups is 1. The number of pyridine rings is 2. The van der Waals surface area contributed by atoms with Gasteiger partial charge in [-0.15, -0.1) is 0 Å². The van der Waals surface area contributed by atoms with Gasteiger partial charge >= 0.3 is 6.18 Å². The molecule has 4 aromatic rings. The Morgan fingerprint density at radius 2 is 2.00 bits per heavy atom. The van der Waals surface area contributed by atoms with E-state index in [4.69, 9.17) is 15.2 Å². The number of rotatable bonds is 5. The van der Waals surface area contributed by atoms with Crippen molar-refractivity contribution in [3.63, 3.8) is 0 Å². The molecular formula is C28H25F3N4O3. The Balaban J connectivity index is 1.57. The number of benzene rings is 2. The van der Waals surface area contributed by atoms with Gasteiger partial charge in [-0.1, -0.05) is 12.1 Å². The molecule has 196 valence electrons. The molecule has 7 nitrogen and oxygen atoms in total. The van der Waals surface area contributed by atoms with E-state index in [1.165, 1.54) is 13.2 Å². The van der Waals surface area contributed by atoms with Crippen LogP contribution in [0.25, 0.3) is 10.9 Å². The Hall–Kier alpha value is -4.34. The zero-order valence-corrected chi connectivity index (χ0v) is 20.7. The molecule has 1 amide bonds. The van der Waals surface area contributed by atoms with Crippen LogP contribution in [0.3, 0.4) is 0 Å². The fourth-order valence-corrected chi connectivity index (χ4v) is 4.64. The van der Waals surface area contributed by atoms with E-state index in [1.54, 1.807) is 29.2 Å². The van der Waals surface area contributed by atoms with Crippen molar-refractivity contribution in [1.29, 1.82) is 0 Å². The summed E-state index contributed by atoms with van der Waals surface area (Å²) in [5, 5.41) is 0.754. The van der Waals surface area contributed by atoms with Crippen LogP contribution in [0.4, 0.5) is 19.0 Å². The van der Waals surface area contributed by atoms with Gasteiger partial charge in [0.2, 0.25) is 0 Å². The number of nitrogens with zero attached hydrogens (tertiary/aromatic N) is 3. The predicted octanol–water partition coefficient (Wildman–Crippen LogP) is 5.71. The molecule has 38 heavy (non-hydrogen) atoms. The van der Waals surface area contributed by atoms with Crippen molar-refractivity contribution in [3.05, 3.63) is 88.7 Å². The number of amides is 1. The summed E-state index contributed by atoms with van der Waals surface area (Å²) in [6.07, 6.45) is -3.23. The maximum absolute atomic E-state index is 14.0. The summed E-state index contributed by atoms with van der Waals surface area (Å²) < 4.78 is 50.6. The van der Waals surface area contributed by atoms with Gasteiger partial charge in [0.25, 0.3) is 5.91 Å². The number of nitrogens with two attached hydrogens (primary N) is 1. The number of ether oxygens (including phenoxy) is 2. The number of nitrogen functional groups attached to an aromatic ring is 1. The minimum absolute atomic E-state index is 0.00462. The fraction of sp³-hybridized carbons (Fsp3) is 0.250. The molecule has 3 heterocycles. The number of para-hydroxylation sites is 1. The summed E-state index contributed by atoms with van der Waals surface area (Å²) in [4.78, 5) is 24.1. The zero-order valence-electron chi connectivity index (χ0n) is 20.7. The number of aryl methyl sites for hydroxylation is 1. The molecule has 2 aromatic carbocycles. The molecule has 0 saturated carbocycles. The quantitative estimate of drug-likeness (QED) is 0.361. The topological polar surface area (TPSA) is 90.6 Å².